The highest BCUT2D eigenvalue weighted by Crippen LogP contribution is 2.42. The molecular formula is C25H21ClN6O2. The van der Waals surface area contributed by atoms with Gasteiger partial charge in [0.2, 0.25) is 0 Å². The number of imidazole rings is 1. The van der Waals surface area contributed by atoms with E-state index in [0.29, 0.717) is 51.4 Å². The molecule has 1 aliphatic rings. The highest BCUT2D eigenvalue weighted by molar-refractivity contribution is 6.30. The van der Waals surface area contributed by atoms with Gasteiger partial charge in [-0.25, -0.2) is 9.97 Å². The monoisotopic (exact) mass is 472 g/mol. The molecule has 0 saturated heterocycles. The van der Waals surface area contributed by atoms with E-state index in [1.165, 1.54) is 0 Å². The highest BCUT2D eigenvalue weighted by Gasteiger charge is 2.26. The van der Waals surface area contributed by atoms with Gasteiger partial charge in [-0.2, -0.15) is 0 Å². The number of aromatic amines is 2. The van der Waals surface area contributed by atoms with E-state index in [1.807, 2.05) is 19.1 Å². The van der Waals surface area contributed by atoms with E-state index in [2.05, 4.69) is 29.9 Å². The van der Waals surface area contributed by atoms with Crippen LogP contribution in [-0.2, 0) is 6.42 Å². The molecule has 0 amide bonds. The van der Waals surface area contributed by atoms with Crippen molar-refractivity contribution in [1.82, 2.24) is 29.9 Å². The van der Waals surface area contributed by atoms with Crippen molar-refractivity contribution < 1.29 is 4.74 Å². The van der Waals surface area contributed by atoms with Crippen molar-refractivity contribution in [2.75, 3.05) is 7.11 Å². The molecule has 170 valence electrons. The van der Waals surface area contributed by atoms with Gasteiger partial charge in [0.15, 0.2) is 0 Å². The maximum atomic E-state index is 13.0. The van der Waals surface area contributed by atoms with Crippen LogP contribution in [-0.4, -0.2) is 37.0 Å². The largest absolute Gasteiger partial charge is 0.496 e. The fourth-order valence-corrected chi connectivity index (χ4v) is 4.55. The Morgan fingerprint density at radius 2 is 1.94 bits per heavy atom. The van der Waals surface area contributed by atoms with E-state index in [0.717, 1.165) is 40.7 Å². The van der Waals surface area contributed by atoms with Gasteiger partial charge in [-0.3, -0.25) is 14.8 Å². The molecule has 2 N–H and O–H groups in total. The molecule has 0 aromatic carbocycles. The van der Waals surface area contributed by atoms with Crippen molar-refractivity contribution in [2.24, 2.45) is 0 Å². The van der Waals surface area contributed by atoms with Gasteiger partial charge in [-0.05, 0) is 31.4 Å². The van der Waals surface area contributed by atoms with Crippen LogP contribution in [0.2, 0.25) is 5.15 Å². The van der Waals surface area contributed by atoms with Gasteiger partial charge in [-0.1, -0.05) is 18.5 Å². The van der Waals surface area contributed by atoms with Crippen LogP contribution < -0.4 is 10.3 Å². The average molecular weight is 473 g/mol. The second-order valence-electron chi connectivity index (χ2n) is 8.44. The number of rotatable bonds is 5. The third kappa shape index (κ3) is 3.42. The molecule has 5 aromatic rings. The molecule has 0 aliphatic heterocycles. The lowest BCUT2D eigenvalue weighted by atomic mass is 10.0. The summed E-state index contributed by atoms with van der Waals surface area (Å²) in [5.41, 5.74) is 5.51. The summed E-state index contributed by atoms with van der Waals surface area (Å²) in [6.07, 6.45) is 6.47. The molecule has 0 radical (unpaired) electrons. The van der Waals surface area contributed by atoms with E-state index in [-0.39, 0.29) is 5.56 Å². The number of H-pyrrole nitrogens is 2. The van der Waals surface area contributed by atoms with Crippen molar-refractivity contribution in [3.63, 3.8) is 0 Å². The number of methoxy groups -OCH3 is 1. The minimum atomic E-state index is -0.255. The Kier molecular flexibility index (Phi) is 4.84. The highest BCUT2D eigenvalue weighted by atomic mass is 35.5. The van der Waals surface area contributed by atoms with Crippen molar-refractivity contribution in [3.8, 4) is 28.4 Å². The van der Waals surface area contributed by atoms with Crippen LogP contribution in [0.4, 0.5) is 0 Å². The number of ether oxygens (including phenoxy) is 1. The van der Waals surface area contributed by atoms with E-state index in [4.69, 9.17) is 16.3 Å². The number of aromatic nitrogens is 6. The second-order valence-corrected chi connectivity index (χ2v) is 8.83. The van der Waals surface area contributed by atoms with Crippen LogP contribution in [0.25, 0.3) is 44.6 Å². The maximum Gasteiger partial charge on any atom is 0.259 e. The Bertz CT molecular complexity index is 1640. The van der Waals surface area contributed by atoms with Gasteiger partial charge in [0.25, 0.3) is 5.56 Å². The third-order valence-electron chi connectivity index (χ3n) is 6.23. The molecule has 9 heteroatoms. The molecule has 6 rings (SSSR count). The van der Waals surface area contributed by atoms with E-state index in [1.54, 1.807) is 31.6 Å². The summed E-state index contributed by atoms with van der Waals surface area (Å²) in [6, 6.07) is 7.29. The zero-order valence-electron chi connectivity index (χ0n) is 18.6. The fourth-order valence-electron chi connectivity index (χ4n) is 4.34. The van der Waals surface area contributed by atoms with Crippen molar-refractivity contribution in [2.45, 2.75) is 32.1 Å². The molecule has 8 nitrogen and oxygen atoms in total. The number of fused-ring (bicyclic) bond motifs is 2. The Balaban J connectivity index is 1.55. The number of hydrogen-bond acceptors (Lipinski definition) is 6. The zero-order chi connectivity index (χ0) is 23.4. The summed E-state index contributed by atoms with van der Waals surface area (Å²) >= 11 is 6.17. The van der Waals surface area contributed by atoms with Gasteiger partial charge in [0, 0.05) is 41.5 Å². The Morgan fingerprint density at radius 1 is 1.09 bits per heavy atom. The lowest BCUT2D eigenvalue weighted by Crippen LogP contribution is -2.10. The fraction of sp³-hybridized carbons (Fsp3) is 0.240. The van der Waals surface area contributed by atoms with Crippen LogP contribution in [0.3, 0.4) is 0 Å². The summed E-state index contributed by atoms with van der Waals surface area (Å²) in [6.45, 7) is 1.99. The molecule has 0 unspecified atom stereocenters. The van der Waals surface area contributed by atoms with Crippen LogP contribution in [0.5, 0.6) is 5.75 Å². The predicted molar refractivity (Wildman–Crippen MR) is 131 cm³/mol. The van der Waals surface area contributed by atoms with Crippen molar-refractivity contribution >= 4 is 33.5 Å². The minimum absolute atomic E-state index is 0.255. The number of aryl methyl sites for hydroxylation is 1. The first-order valence-corrected chi connectivity index (χ1v) is 11.6. The molecule has 0 spiro atoms. The molecular weight excluding hydrogens is 452 g/mol. The summed E-state index contributed by atoms with van der Waals surface area (Å²) in [7, 11) is 1.65. The molecule has 0 bridgehead atoms. The Morgan fingerprint density at radius 3 is 2.71 bits per heavy atom. The molecule has 5 aromatic heterocycles. The van der Waals surface area contributed by atoms with Gasteiger partial charge >= 0.3 is 0 Å². The summed E-state index contributed by atoms with van der Waals surface area (Å²) in [4.78, 5) is 37.5. The summed E-state index contributed by atoms with van der Waals surface area (Å²) in [5.74, 6) is 1.66. The van der Waals surface area contributed by atoms with Crippen LogP contribution in [0.15, 0.2) is 41.5 Å². The van der Waals surface area contributed by atoms with Crippen LogP contribution in [0.1, 0.15) is 37.1 Å². The SMILES string of the molecule is CCc1nc(Cl)cc2[nH]c(-c3cc4c(-c5cnc(C6CC6)cc5OC)nccc4[nH]c3=O)nc12. The van der Waals surface area contributed by atoms with E-state index < -0.39 is 0 Å². The molecule has 34 heavy (non-hydrogen) atoms. The maximum absolute atomic E-state index is 13.0. The van der Waals surface area contributed by atoms with Crippen molar-refractivity contribution in [1.29, 1.82) is 0 Å². The topological polar surface area (TPSA) is 109 Å². The second kappa shape index (κ2) is 7.92. The van der Waals surface area contributed by atoms with Crippen molar-refractivity contribution in [3.05, 3.63) is 63.6 Å². The summed E-state index contributed by atoms with van der Waals surface area (Å²) in [5, 5.41) is 1.15. The number of nitrogens with zero attached hydrogens (tertiary/aromatic N) is 4. The Hall–Kier alpha value is -3.78. The molecule has 0 atom stereocenters. The van der Waals surface area contributed by atoms with Gasteiger partial charge in [-0.15, -0.1) is 0 Å². The normalized spacial score (nSPS) is 13.6. The number of halogens is 1. The number of hydrogen-bond donors (Lipinski definition) is 2. The van der Waals surface area contributed by atoms with Gasteiger partial charge in [0.1, 0.15) is 22.2 Å². The Labute approximate surface area is 199 Å². The quantitative estimate of drug-likeness (QED) is 0.347. The van der Waals surface area contributed by atoms with Crippen LogP contribution in [0, 0.1) is 0 Å². The predicted octanol–water partition coefficient (Wildman–Crippen LogP) is 5.03. The van der Waals surface area contributed by atoms with Crippen LogP contribution >= 0.6 is 11.6 Å². The summed E-state index contributed by atoms with van der Waals surface area (Å²) < 4.78 is 5.69. The minimum Gasteiger partial charge on any atom is -0.496 e. The smallest absolute Gasteiger partial charge is 0.259 e. The van der Waals surface area contributed by atoms with E-state index >= 15 is 0 Å². The lowest BCUT2D eigenvalue weighted by molar-refractivity contribution is 0.415. The van der Waals surface area contributed by atoms with Gasteiger partial charge in [0.05, 0.1) is 40.7 Å². The average Bonchev–Trinajstić information content (AvgIpc) is 3.61. The molecule has 1 fully saturated rings. The zero-order valence-corrected chi connectivity index (χ0v) is 19.4. The third-order valence-corrected chi connectivity index (χ3v) is 6.42. The molecule has 5 heterocycles. The number of nitrogens with one attached hydrogen (secondary N) is 2. The standard InChI is InChI=1S/C25H21ClN6O2/c1-3-16-23-19(10-21(26)29-16)30-24(32-23)14-8-13-17(31-25(14)33)6-7-27-22(13)15-11-28-18(12-4-5-12)9-20(15)34-2/h6-12H,3-5H2,1-2H3,(H,30,32)(H,31,33). The van der Waals surface area contributed by atoms with Gasteiger partial charge < -0.3 is 14.7 Å². The first kappa shape index (κ1) is 20.8. The molecule has 1 aliphatic carbocycles. The number of pyridine rings is 4. The first-order valence-electron chi connectivity index (χ1n) is 11.2. The van der Waals surface area contributed by atoms with E-state index in [9.17, 15) is 4.79 Å². The first-order chi connectivity index (χ1) is 16.6. The molecule has 1 saturated carbocycles. The lowest BCUT2D eigenvalue weighted by Gasteiger charge is -2.12.